The van der Waals surface area contributed by atoms with Crippen LogP contribution in [0, 0.1) is 6.92 Å². The van der Waals surface area contributed by atoms with Crippen LogP contribution in [0.5, 0.6) is 0 Å². The van der Waals surface area contributed by atoms with Gasteiger partial charge in [0.1, 0.15) is 4.70 Å². The Kier molecular flexibility index (Phi) is 3.40. The Morgan fingerprint density at radius 3 is 3.05 bits per heavy atom. The fourth-order valence-electron chi connectivity index (χ4n) is 2.21. The summed E-state index contributed by atoms with van der Waals surface area (Å²) >= 11 is 1.46. The molecule has 0 aliphatic heterocycles. The predicted molar refractivity (Wildman–Crippen MR) is 80.2 cm³/mol. The zero-order chi connectivity index (χ0) is 14.1. The van der Waals surface area contributed by atoms with Crippen LogP contribution in [0.4, 0.5) is 0 Å². The molecule has 6 heteroatoms. The fraction of sp³-hybridized carbons (Fsp3) is 0.357. The van der Waals surface area contributed by atoms with E-state index in [1.165, 1.54) is 11.3 Å². The standard InChI is InChI=1S/C14H16N4OS/c1-3-4-18-7-11(5-16-18)6-17-9-15-12-10(2)8-20-13(12)14(17)19/h5,7-9H,3-4,6H2,1-2H3. The Bertz CT molecular complexity index is 799. The van der Waals surface area contributed by atoms with Crippen molar-refractivity contribution in [2.75, 3.05) is 0 Å². The van der Waals surface area contributed by atoms with E-state index in [-0.39, 0.29) is 5.56 Å². The monoisotopic (exact) mass is 288 g/mol. The molecule has 0 N–H and O–H groups in total. The van der Waals surface area contributed by atoms with Gasteiger partial charge in [-0.25, -0.2) is 4.98 Å². The highest BCUT2D eigenvalue weighted by molar-refractivity contribution is 7.17. The van der Waals surface area contributed by atoms with Crippen molar-refractivity contribution >= 4 is 21.6 Å². The summed E-state index contributed by atoms with van der Waals surface area (Å²) in [7, 11) is 0. The van der Waals surface area contributed by atoms with Gasteiger partial charge in [-0.1, -0.05) is 6.92 Å². The quantitative estimate of drug-likeness (QED) is 0.741. The largest absolute Gasteiger partial charge is 0.293 e. The zero-order valence-corrected chi connectivity index (χ0v) is 12.4. The topological polar surface area (TPSA) is 52.7 Å². The van der Waals surface area contributed by atoms with E-state index in [2.05, 4.69) is 17.0 Å². The Balaban J connectivity index is 1.94. The summed E-state index contributed by atoms with van der Waals surface area (Å²) in [6, 6.07) is 0. The highest BCUT2D eigenvalue weighted by atomic mass is 32.1. The molecule has 0 amide bonds. The van der Waals surface area contributed by atoms with Gasteiger partial charge in [-0.2, -0.15) is 5.10 Å². The van der Waals surface area contributed by atoms with Crippen molar-refractivity contribution in [3.05, 3.63) is 45.6 Å². The maximum absolute atomic E-state index is 12.4. The van der Waals surface area contributed by atoms with Crippen molar-refractivity contribution < 1.29 is 0 Å². The van der Waals surface area contributed by atoms with Gasteiger partial charge in [-0.15, -0.1) is 11.3 Å². The van der Waals surface area contributed by atoms with Crippen LogP contribution in [-0.4, -0.2) is 19.3 Å². The third-order valence-electron chi connectivity index (χ3n) is 3.22. The number of rotatable bonds is 4. The summed E-state index contributed by atoms with van der Waals surface area (Å²) in [5, 5.41) is 6.26. The number of nitrogens with zero attached hydrogens (tertiary/aromatic N) is 4. The second-order valence-corrected chi connectivity index (χ2v) is 5.77. The minimum Gasteiger partial charge on any atom is -0.293 e. The lowest BCUT2D eigenvalue weighted by Crippen LogP contribution is -2.20. The number of thiophene rings is 1. The predicted octanol–water partition coefficient (Wildman–Crippen LogP) is 2.42. The molecule has 3 heterocycles. The van der Waals surface area contributed by atoms with Gasteiger partial charge in [0.05, 0.1) is 24.6 Å². The van der Waals surface area contributed by atoms with E-state index >= 15 is 0 Å². The maximum Gasteiger partial charge on any atom is 0.271 e. The number of aromatic nitrogens is 4. The first-order valence-electron chi connectivity index (χ1n) is 6.63. The summed E-state index contributed by atoms with van der Waals surface area (Å²) < 4.78 is 4.28. The van der Waals surface area contributed by atoms with Crippen LogP contribution < -0.4 is 5.56 Å². The van der Waals surface area contributed by atoms with Crippen LogP contribution in [0.2, 0.25) is 0 Å². The van der Waals surface area contributed by atoms with Crippen LogP contribution in [0.3, 0.4) is 0 Å². The number of fused-ring (bicyclic) bond motifs is 1. The summed E-state index contributed by atoms with van der Waals surface area (Å²) in [6.45, 7) is 5.51. The van der Waals surface area contributed by atoms with E-state index in [9.17, 15) is 4.79 Å². The molecule has 0 unspecified atom stereocenters. The maximum atomic E-state index is 12.4. The molecule has 0 spiro atoms. The van der Waals surface area contributed by atoms with Gasteiger partial charge in [0.15, 0.2) is 0 Å². The van der Waals surface area contributed by atoms with E-state index in [0.717, 1.165) is 34.3 Å². The van der Waals surface area contributed by atoms with Crippen molar-refractivity contribution in [3.63, 3.8) is 0 Å². The molecule has 0 aromatic carbocycles. The van der Waals surface area contributed by atoms with Gasteiger partial charge >= 0.3 is 0 Å². The Morgan fingerprint density at radius 2 is 2.25 bits per heavy atom. The van der Waals surface area contributed by atoms with E-state index in [1.807, 2.05) is 29.4 Å². The van der Waals surface area contributed by atoms with Crippen molar-refractivity contribution in [1.82, 2.24) is 19.3 Å². The average Bonchev–Trinajstić information content (AvgIpc) is 3.02. The minimum absolute atomic E-state index is 0.0244. The lowest BCUT2D eigenvalue weighted by Gasteiger charge is -2.03. The SMILES string of the molecule is CCCn1cc(Cn2cnc3c(C)csc3c2=O)cn1. The lowest BCUT2D eigenvalue weighted by atomic mass is 10.3. The van der Waals surface area contributed by atoms with E-state index in [1.54, 1.807) is 10.9 Å². The third kappa shape index (κ3) is 2.27. The summed E-state index contributed by atoms with van der Waals surface area (Å²) in [5.74, 6) is 0. The van der Waals surface area contributed by atoms with Crippen molar-refractivity contribution in [2.45, 2.75) is 33.4 Å². The van der Waals surface area contributed by atoms with Gasteiger partial charge in [-0.05, 0) is 24.3 Å². The molecule has 3 aromatic rings. The third-order valence-corrected chi connectivity index (χ3v) is 4.29. The van der Waals surface area contributed by atoms with Crippen LogP contribution in [0.15, 0.2) is 28.9 Å². The molecular weight excluding hydrogens is 272 g/mol. The summed E-state index contributed by atoms with van der Waals surface area (Å²) in [5.41, 5.74) is 2.93. The van der Waals surface area contributed by atoms with Crippen LogP contribution in [0.25, 0.3) is 10.2 Å². The first-order chi connectivity index (χ1) is 9.69. The smallest absolute Gasteiger partial charge is 0.271 e. The molecule has 0 atom stereocenters. The molecule has 0 aliphatic rings. The molecule has 5 nitrogen and oxygen atoms in total. The molecule has 0 saturated heterocycles. The molecule has 3 aromatic heterocycles. The lowest BCUT2D eigenvalue weighted by molar-refractivity contribution is 0.601. The molecule has 0 bridgehead atoms. The number of aryl methyl sites for hydroxylation is 2. The van der Waals surface area contributed by atoms with Crippen LogP contribution >= 0.6 is 11.3 Å². The molecule has 104 valence electrons. The molecule has 3 rings (SSSR count). The average molecular weight is 288 g/mol. The molecule has 20 heavy (non-hydrogen) atoms. The van der Waals surface area contributed by atoms with Crippen LogP contribution in [0.1, 0.15) is 24.5 Å². The van der Waals surface area contributed by atoms with Crippen molar-refractivity contribution in [2.24, 2.45) is 0 Å². The first kappa shape index (κ1) is 13.1. The highest BCUT2D eigenvalue weighted by Gasteiger charge is 2.09. The fourth-order valence-corrected chi connectivity index (χ4v) is 3.16. The van der Waals surface area contributed by atoms with Gasteiger partial charge in [0.2, 0.25) is 0 Å². The second-order valence-electron chi connectivity index (χ2n) is 4.89. The summed E-state index contributed by atoms with van der Waals surface area (Å²) in [6.07, 6.45) is 6.47. The van der Waals surface area contributed by atoms with Crippen LogP contribution in [-0.2, 0) is 13.1 Å². The molecule has 0 radical (unpaired) electrons. The molecule has 0 saturated carbocycles. The number of hydrogen-bond donors (Lipinski definition) is 0. The highest BCUT2D eigenvalue weighted by Crippen LogP contribution is 2.19. The first-order valence-corrected chi connectivity index (χ1v) is 7.51. The van der Waals surface area contributed by atoms with Gasteiger partial charge < -0.3 is 0 Å². The van der Waals surface area contributed by atoms with Crippen molar-refractivity contribution in [3.8, 4) is 0 Å². The molecule has 0 aliphatic carbocycles. The molecule has 0 fully saturated rings. The second kappa shape index (κ2) is 5.20. The van der Waals surface area contributed by atoms with Gasteiger partial charge in [0, 0.05) is 18.3 Å². The Hall–Kier alpha value is -1.95. The number of hydrogen-bond acceptors (Lipinski definition) is 4. The van der Waals surface area contributed by atoms with Gasteiger partial charge in [-0.3, -0.25) is 14.0 Å². The van der Waals surface area contributed by atoms with Gasteiger partial charge in [0.25, 0.3) is 5.56 Å². The Labute approximate surface area is 120 Å². The summed E-state index contributed by atoms with van der Waals surface area (Å²) in [4.78, 5) is 16.8. The normalized spacial score (nSPS) is 11.3. The van der Waals surface area contributed by atoms with Crippen molar-refractivity contribution in [1.29, 1.82) is 0 Å². The van der Waals surface area contributed by atoms with E-state index < -0.39 is 0 Å². The minimum atomic E-state index is 0.0244. The van der Waals surface area contributed by atoms with E-state index in [4.69, 9.17) is 0 Å². The zero-order valence-electron chi connectivity index (χ0n) is 11.5. The van der Waals surface area contributed by atoms with E-state index in [0.29, 0.717) is 6.54 Å². The molecular formula is C14H16N4OS. The Morgan fingerprint density at radius 1 is 1.40 bits per heavy atom.